The summed E-state index contributed by atoms with van der Waals surface area (Å²) in [5.74, 6) is 0.395. The van der Waals surface area contributed by atoms with E-state index >= 15 is 0 Å². The molecule has 4 rings (SSSR count). The fourth-order valence-electron chi connectivity index (χ4n) is 3.74. The van der Waals surface area contributed by atoms with Crippen LogP contribution in [-0.4, -0.2) is 69.8 Å². The topological polar surface area (TPSA) is 97.6 Å². The van der Waals surface area contributed by atoms with Crippen molar-refractivity contribution in [3.8, 4) is 5.75 Å². The van der Waals surface area contributed by atoms with Crippen molar-refractivity contribution in [3.63, 3.8) is 0 Å². The Hall–Kier alpha value is -2.46. The molecule has 0 radical (unpaired) electrons. The summed E-state index contributed by atoms with van der Waals surface area (Å²) in [4.78, 5) is 22.8. The smallest absolute Gasteiger partial charge is 0.262 e. The number of imidazole rings is 1. The number of sulfonamides is 1. The number of ether oxygens (including phenoxy) is 1. The lowest BCUT2D eigenvalue weighted by Crippen LogP contribution is -2.46. The number of nitrogens with zero attached hydrogens (tertiary/aromatic N) is 5. The molecule has 28 heavy (non-hydrogen) atoms. The summed E-state index contributed by atoms with van der Waals surface area (Å²) in [6, 6.07) is 2.73. The van der Waals surface area contributed by atoms with Gasteiger partial charge in [-0.25, -0.2) is 13.4 Å². The number of aromatic nitrogens is 3. The molecule has 1 amide bonds. The van der Waals surface area contributed by atoms with Crippen LogP contribution in [0, 0.1) is 0 Å². The zero-order valence-electron chi connectivity index (χ0n) is 15.6. The molecule has 0 N–H and O–H groups in total. The second-order valence-electron chi connectivity index (χ2n) is 7.16. The number of likely N-dealkylation sites (tertiary alicyclic amines) is 1. The molecular formula is C18H23N5O4S. The Morgan fingerprint density at radius 2 is 2.07 bits per heavy atom. The van der Waals surface area contributed by atoms with Crippen LogP contribution in [0.25, 0.3) is 0 Å². The molecule has 10 heteroatoms. The van der Waals surface area contributed by atoms with Crippen molar-refractivity contribution >= 4 is 15.9 Å². The van der Waals surface area contributed by atoms with Gasteiger partial charge in [0, 0.05) is 39.0 Å². The van der Waals surface area contributed by atoms with Gasteiger partial charge in [0.15, 0.2) is 5.03 Å². The predicted octanol–water partition coefficient (Wildman–Crippen LogP) is 0.648. The van der Waals surface area contributed by atoms with Crippen LogP contribution in [0.5, 0.6) is 5.75 Å². The number of carbonyl (C=O) groups excluding carboxylic acids is 1. The Morgan fingerprint density at radius 1 is 1.29 bits per heavy atom. The van der Waals surface area contributed by atoms with Gasteiger partial charge in [-0.15, -0.1) is 0 Å². The minimum atomic E-state index is -3.91. The van der Waals surface area contributed by atoms with Crippen molar-refractivity contribution in [1.29, 1.82) is 0 Å². The number of pyridine rings is 1. The van der Waals surface area contributed by atoms with Crippen LogP contribution in [0.2, 0.25) is 0 Å². The largest absolute Gasteiger partial charge is 0.487 e. The predicted molar refractivity (Wildman–Crippen MR) is 100.0 cm³/mol. The van der Waals surface area contributed by atoms with Gasteiger partial charge in [0.2, 0.25) is 5.91 Å². The second-order valence-corrected chi connectivity index (χ2v) is 9.00. The van der Waals surface area contributed by atoms with E-state index in [0.29, 0.717) is 25.3 Å². The van der Waals surface area contributed by atoms with Crippen molar-refractivity contribution in [2.45, 2.75) is 36.4 Å². The minimum absolute atomic E-state index is 0.0590. The van der Waals surface area contributed by atoms with Gasteiger partial charge in [-0.1, -0.05) is 0 Å². The molecule has 150 valence electrons. The fourth-order valence-corrected chi connectivity index (χ4v) is 5.34. The molecule has 2 aromatic heterocycles. The highest BCUT2D eigenvalue weighted by Gasteiger charge is 2.47. The van der Waals surface area contributed by atoms with Crippen molar-refractivity contribution in [3.05, 3.63) is 37.1 Å². The van der Waals surface area contributed by atoms with E-state index in [1.54, 1.807) is 41.0 Å². The molecule has 2 atom stereocenters. The lowest BCUT2D eigenvalue weighted by molar-refractivity contribution is -0.133. The van der Waals surface area contributed by atoms with Gasteiger partial charge in [-0.2, -0.15) is 4.31 Å². The van der Waals surface area contributed by atoms with Crippen LogP contribution < -0.4 is 4.74 Å². The number of rotatable bonds is 5. The van der Waals surface area contributed by atoms with E-state index in [4.69, 9.17) is 4.74 Å². The van der Waals surface area contributed by atoms with Crippen LogP contribution in [0.3, 0.4) is 0 Å². The maximum absolute atomic E-state index is 13.2. The van der Waals surface area contributed by atoms with Gasteiger partial charge >= 0.3 is 0 Å². The quantitative estimate of drug-likeness (QED) is 0.724. The molecule has 2 aliphatic heterocycles. The molecule has 9 nitrogen and oxygen atoms in total. The van der Waals surface area contributed by atoms with Crippen molar-refractivity contribution in [1.82, 2.24) is 23.7 Å². The number of amides is 1. The van der Waals surface area contributed by atoms with Crippen LogP contribution in [0.1, 0.15) is 19.3 Å². The number of hydrogen-bond acceptors (Lipinski definition) is 6. The molecule has 2 fully saturated rings. The summed E-state index contributed by atoms with van der Waals surface area (Å²) in [6.07, 6.45) is 7.86. The first-order valence-electron chi connectivity index (χ1n) is 9.30. The van der Waals surface area contributed by atoms with Gasteiger partial charge < -0.3 is 14.2 Å². The van der Waals surface area contributed by atoms with Crippen LogP contribution in [0.4, 0.5) is 0 Å². The monoisotopic (exact) mass is 405 g/mol. The van der Waals surface area contributed by atoms with Crippen LogP contribution in [-0.2, 0) is 21.9 Å². The first-order valence-corrected chi connectivity index (χ1v) is 10.7. The lowest BCUT2D eigenvalue weighted by atomic mass is 10.2. The molecule has 4 heterocycles. The summed E-state index contributed by atoms with van der Waals surface area (Å²) in [5, 5.41) is -0.0590. The Morgan fingerprint density at radius 3 is 2.71 bits per heavy atom. The Kier molecular flexibility index (Phi) is 5.07. The summed E-state index contributed by atoms with van der Waals surface area (Å²) < 4.78 is 35.1. The summed E-state index contributed by atoms with van der Waals surface area (Å²) in [7, 11) is -2.20. The molecule has 0 bridgehead atoms. The van der Waals surface area contributed by atoms with Gasteiger partial charge in [-0.05, 0) is 25.0 Å². The van der Waals surface area contributed by atoms with Gasteiger partial charge in [0.25, 0.3) is 10.0 Å². The van der Waals surface area contributed by atoms with Crippen LogP contribution in [0.15, 0.2) is 42.1 Å². The molecule has 0 aromatic carbocycles. The molecular weight excluding hydrogens is 382 g/mol. The van der Waals surface area contributed by atoms with E-state index in [-0.39, 0.29) is 17.5 Å². The lowest BCUT2D eigenvalue weighted by Gasteiger charge is -2.26. The average Bonchev–Trinajstić information content (AvgIpc) is 3.43. The van der Waals surface area contributed by atoms with Crippen LogP contribution >= 0.6 is 0 Å². The average molecular weight is 405 g/mol. The molecule has 0 spiro atoms. The number of aryl methyl sites for hydroxylation is 1. The molecule has 0 unspecified atom stereocenters. The third-order valence-corrected chi connectivity index (χ3v) is 6.87. The highest BCUT2D eigenvalue weighted by atomic mass is 32.2. The summed E-state index contributed by atoms with van der Waals surface area (Å²) >= 11 is 0. The second kappa shape index (κ2) is 7.51. The zero-order valence-corrected chi connectivity index (χ0v) is 16.5. The first kappa shape index (κ1) is 18.9. The first-order chi connectivity index (χ1) is 13.4. The third kappa shape index (κ3) is 3.61. The molecule has 0 aliphatic carbocycles. The Bertz CT molecular complexity index is 940. The van der Waals surface area contributed by atoms with E-state index in [2.05, 4.69) is 9.97 Å². The SMILES string of the molecule is Cn1cnc(S(=O)(=O)N2C[C@@H](Oc3cccnc3)C[C@H]2C(=O)N2CCCC2)c1. The van der Waals surface area contributed by atoms with E-state index in [1.807, 2.05) is 0 Å². The van der Waals surface area contributed by atoms with E-state index < -0.39 is 22.2 Å². The Balaban J connectivity index is 1.61. The molecule has 2 saturated heterocycles. The molecule has 0 saturated carbocycles. The van der Waals surface area contributed by atoms with Gasteiger partial charge in [0.05, 0.1) is 19.1 Å². The van der Waals surface area contributed by atoms with E-state index in [1.165, 1.54) is 16.8 Å². The summed E-state index contributed by atoms with van der Waals surface area (Å²) in [6.45, 7) is 1.43. The number of carbonyl (C=O) groups is 1. The molecule has 2 aliphatic rings. The number of hydrogen-bond donors (Lipinski definition) is 0. The molecule has 2 aromatic rings. The van der Waals surface area contributed by atoms with Crippen molar-refractivity contribution in [2.75, 3.05) is 19.6 Å². The standard InChI is InChI=1S/C18H23N5O4S/c1-21-12-17(20-13-21)28(25,26)23-11-15(27-14-5-4-6-19-10-14)9-16(23)18(24)22-7-2-3-8-22/h4-6,10,12-13,15-16H,2-3,7-9,11H2,1H3/t15-,16-/m0/s1. The summed E-state index contributed by atoms with van der Waals surface area (Å²) in [5.41, 5.74) is 0. The Labute approximate surface area is 164 Å². The van der Waals surface area contributed by atoms with Gasteiger partial charge in [0.1, 0.15) is 17.9 Å². The van der Waals surface area contributed by atoms with Crippen molar-refractivity contribution in [2.24, 2.45) is 7.05 Å². The van der Waals surface area contributed by atoms with Crippen molar-refractivity contribution < 1.29 is 17.9 Å². The van der Waals surface area contributed by atoms with E-state index in [0.717, 1.165) is 12.8 Å². The third-order valence-electron chi connectivity index (χ3n) is 5.11. The van der Waals surface area contributed by atoms with Gasteiger partial charge in [-0.3, -0.25) is 9.78 Å². The maximum atomic E-state index is 13.2. The highest BCUT2D eigenvalue weighted by molar-refractivity contribution is 7.89. The normalized spacial score (nSPS) is 23.2. The van der Waals surface area contributed by atoms with E-state index in [9.17, 15) is 13.2 Å². The minimum Gasteiger partial charge on any atom is -0.487 e. The highest BCUT2D eigenvalue weighted by Crippen LogP contribution is 2.30. The fraction of sp³-hybridized carbons (Fsp3) is 0.500. The maximum Gasteiger partial charge on any atom is 0.262 e. The zero-order chi connectivity index (χ0) is 19.7.